The first kappa shape index (κ1) is 20.8. The van der Waals surface area contributed by atoms with Gasteiger partial charge in [0.1, 0.15) is 11.1 Å². The molecule has 3 aromatic carbocycles. The van der Waals surface area contributed by atoms with Crippen LogP contribution in [0.15, 0.2) is 89.6 Å². The molecule has 0 aliphatic carbocycles. The second-order valence-electron chi connectivity index (χ2n) is 9.44. The molecule has 4 heterocycles. The monoisotopic (exact) mass is 465 g/mol. The van der Waals surface area contributed by atoms with Gasteiger partial charge in [0.05, 0.1) is 11.2 Å². The molecule has 7 aromatic rings. The van der Waals surface area contributed by atoms with Crippen molar-refractivity contribution in [2.45, 2.75) is 20.8 Å². The lowest BCUT2D eigenvalue weighted by Crippen LogP contribution is -1.93. The first-order chi connectivity index (χ1) is 17.6. The van der Waals surface area contributed by atoms with Gasteiger partial charge in [0, 0.05) is 45.2 Å². The molecule has 0 fully saturated rings. The molecule has 36 heavy (non-hydrogen) atoms. The third kappa shape index (κ3) is 3.04. The molecule has 4 aromatic heterocycles. The topological polar surface area (TPSA) is 51.8 Å². The number of aromatic nitrogens is 3. The van der Waals surface area contributed by atoms with Crippen molar-refractivity contribution in [3.8, 4) is 22.4 Å². The Labute approximate surface area is 208 Å². The van der Waals surface area contributed by atoms with Crippen LogP contribution in [0.25, 0.3) is 66.1 Å². The number of aryl methyl sites for hydroxylation is 3. The van der Waals surface area contributed by atoms with Gasteiger partial charge < -0.3 is 4.42 Å². The lowest BCUT2D eigenvalue weighted by molar-refractivity contribution is 0.672. The van der Waals surface area contributed by atoms with Gasteiger partial charge in [-0.05, 0) is 79.4 Å². The van der Waals surface area contributed by atoms with Crippen LogP contribution < -0.4 is 0 Å². The molecule has 0 saturated carbocycles. The van der Waals surface area contributed by atoms with Gasteiger partial charge in [0.15, 0.2) is 5.58 Å². The Balaban J connectivity index is 1.47. The highest BCUT2D eigenvalue weighted by Gasteiger charge is 2.17. The maximum absolute atomic E-state index is 6.55. The SMILES string of the molecule is Cc1ccc2ccc3c4cccc(-c5cc(-c6ccc7ncccc7c6C)c(C)cn5)c4oc3c2n1. The van der Waals surface area contributed by atoms with E-state index < -0.39 is 0 Å². The molecule has 172 valence electrons. The van der Waals surface area contributed by atoms with Gasteiger partial charge in [-0.25, -0.2) is 4.98 Å². The number of nitrogens with zero attached hydrogens (tertiary/aromatic N) is 3. The molecule has 0 N–H and O–H groups in total. The molecule has 0 radical (unpaired) electrons. The molecule has 0 aliphatic heterocycles. The summed E-state index contributed by atoms with van der Waals surface area (Å²) in [6.07, 6.45) is 3.80. The minimum Gasteiger partial charge on any atom is -0.453 e. The number of fused-ring (bicyclic) bond motifs is 6. The summed E-state index contributed by atoms with van der Waals surface area (Å²) in [7, 11) is 0. The molecule has 7 rings (SSSR count). The summed E-state index contributed by atoms with van der Waals surface area (Å²) >= 11 is 0. The molecule has 0 saturated heterocycles. The third-order valence-corrected chi connectivity index (χ3v) is 7.19. The normalized spacial score (nSPS) is 11.8. The molecule has 0 unspecified atom stereocenters. The first-order valence-electron chi connectivity index (χ1n) is 12.1. The summed E-state index contributed by atoms with van der Waals surface area (Å²) in [5.74, 6) is 0. The number of rotatable bonds is 2. The van der Waals surface area contributed by atoms with Crippen LogP contribution in [0.1, 0.15) is 16.8 Å². The van der Waals surface area contributed by atoms with Gasteiger partial charge in [0.2, 0.25) is 0 Å². The van der Waals surface area contributed by atoms with Crippen molar-refractivity contribution in [1.82, 2.24) is 15.0 Å². The Morgan fingerprint density at radius 2 is 1.50 bits per heavy atom. The summed E-state index contributed by atoms with van der Waals surface area (Å²) in [5.41, 5.74) is 11.1. The van der Waals surface area contributed by atoms with E-state index in [0.717, 1.165) is 60.9 Å². The number of furan rings is 1. The Bertz CT molecular complexity index is 1980. The highest BCUT2D eigenvalue weighted by molar-refractivity contribution is 6.16. The van der Waals surface area contributed by atoms with E-state index in [1.54, 1.807) is 0 Å². The summed E-state index contributed by atoms with van der Waals surface area (Å²) in [6, 6.07) is 25.2. The maximum atomic E-state index is 6.55. The van der Waals surface area contributed by atoms with Gasteiger partial charge in [-0.3, -0.25) is 9.97 Å². The van der Waals surface area contributed by atoms with E-state index in [4.69, 9.17) is 14.4 Å². The van der Waals surface area contributed by atoms with Crippen molar-refractivity contribution in [3.05, 3.63) is 102 Å². The van der Waals surface area contributed by atoms with Crippen LogP contribution in [0.4, 0.5) is 0 Å². The maximum Gasteiger partial charge on any atom is 0.161 e. The van der Waals surface area contributed by atoms with Crippen molar-refractivity contribution in [2.75, 3.05) is 0 Å². The second-order valence-corrected chi connectivity index (χ2v) is 9.44. The van der Waals surface area contributed by atoms with Crippen molar-refractivity contribution < 1.29 is 4.42 Å². The molecule has 0 atom stereocenters. The van der Waals surface area contributed by atoms with E-state index in [2.05, 4.69) is 79.5 Å². The zero-order valence-electron chi connectivity index (χ0n) is 20.3. The molecule has 0 amide bonds. The van der Waals surface area contributed by atoms with Crippen LogP contribution in [0.3, 0.4) is 0 Å². The molecule has 0 bridgehead atoms. The van der Waals surface area contributed by atoms with Gasteiger partial charge >= 0.3 is 0 Å². The minimum absolute atomic E-state index is 0.823. The van der Waals surface area contributed by atoms with Crippen LogP contribution in [0.5, 0.6) is 0 Å². The van der Waals surface area contributed by atoms with Crippen LogP contribution in [-0.2, 0) is 0 Å². The number of pyridine rings is 3. The fraction of sp³-hybridized carbons (Fsp3) is 0.0938. The molecule has 0 spiro atoms. The Hall–Kier alpha value is -4.57. The molecular formula is C32H23N3O. The lowest BCUT2D eigenvalue weighted by Gasteiger charge is -2.13. The van der Waals surface area contributed by atoms with E-state index in [9.17, 15) is 0 Å². The Morgan fingerprint density at radius 1 is 0.667 bits per heavy atom. The minimum atomic E-state index is 0.823. The highest BCUT2D eigenvalue weighted by atomic mass is 16.3. The number of hydrogen-bond acceptors (Lipinski definition) is 4. The largest absolute Gasteiger partial charge is 0.453 e. The van der Waals surface area contributed by atoms with Crippen molar-refractivity contribution in [2.24, 2.45) is 0 Å². The summed E-state index contributed by atoms with van der Waals surface area (Å²) in [5, 5.41) is 4.39. The zero-order chi connectivity index (χ0) is 24.4. The van der Waals surface area contributed by atoms with Crippen molar-refractivity contribution in [1.29, 1.82) is 0 Å². The highest BCUT2D eigenvalue weighted by Crippen LogP contribution is 2.39. The predicted molar refractivity (Wildman–Crippen MR) is 147 cm³/mol. The van der Waals surface area contributed by atoms with Crippen LogP contribution in [-0.4, -0.2) is 15.0 Å². The Kier molecular flexibility index (Phi) is 4.45. The number of para-hydroxylation sites is 1. The quantitative estimate of drug-likeness (QED) is 0.257. The molecule has 0 aliphatic rings. The zero-order valence-corrected chi connectivity index (χ0v) is 20.3. The van der Waals surface area contributed by atoms with E-state index >= 15 is 0 Å². The molecule has 4 nitrogen and oxygen atoms in total. The Morgan fingerprint density at radius 3 is 2.42 bits per heavy atom. The van der Waals surface area contributed by atoms with E-state index in [1.165, 1.54) is 22.1 Å². The van der Waals surface area contributed by atoms with E-state index in [0.29, 0.717) is 0 Å². The fourth-order valence-corrected chi connectivity index (χ4v) is 5.29. The van der Waals surface area contributed by atoms with Gasteiger partial charge in [-0.1, -0.05) is 36.4 Å². The lowest BCUT2D eigenvalue weighted by atomic mass is 9.93. The first-order valence-corrected chi connectivity index (χ1v) is 12.1. The van der Waals surface area contributed by atoms with Gasteiger partial charge in [-0.2, -0.15) is 0 Å². The van der Waals surface area contributed by atoms with Crippen molar-refractivity contribution in [3.63, 3.8) is 0 Å². The van der Waals surface area contributed by atoms with Crippen molar-refractivity contribution >= 4 is 43.7 Å². The summed E-state index contributed by atoms with van der Waals surface area (Å²) in [6.45, 7) is 6.29. The van der Waals surface area contributed by atoms with Gasteiger partial charge in [-0.15, -0.1) is 0 Å². The van der Waals surface area contributed by atoms with Crippen LogP contribution in [0.2, 0.25) is 0 Å². The molecule has 4 heteroatoms. The predicted octanol–water partition coefficient (Wildman–Crippen LogP) is 8.34. The number of hydrogen-bond donors (Lipinski definition) is 0. The van der Waals surface area contributed by atoms with Crippen LogP contribution >= 0.6 is 0 Å². The second kappa shape index (κ2) is 7.72. The number of benzene rings is 3. The van der Waals surface area contributed by atoms with E-state index in [-0.39, 0.29) is 0 Å². The van der Waals surface area contributed by atoms with Crippen LogP contribution in [0, 0.1) is 20.8 Å². The van der Waals surface area contributed by atoms with Gasteiger partial charge in [0.25, 0.3) is 0 Å². The summed E-state index contributed by atoms with van der Waals surface area (Å²) in [4.78, 5) is 14.1. The smallest absolute Gasteiger partial charge is 0.161 e. The average molecular weight is 466 g/mol. The summed E-state index contributed by atoms with van der Waals surface area (Å²) < 4.78 is 6.55. The average Bonchev–Trinajstić information content (AvgIpc) is 3.29. The third-order valence-electron chi connectivity index (χ3n) is 7.19. The molecular weight excluding hydrogens is 442 g/mol. The van der Waals surface area contributed by atoms with E-state index in [1.807, 2.05) is 31.5 Å². The standard InChI is InChI=1S/C32H23N3O/c1-18-17-34-29(16-27(18)22-13-14-28-23(20(22)3)8-5-15-33-28)26-7-4-6-24-25-12-11-21-10-9-19(2)35-30(21)32(25)36-31(24)26/h4-17H,1-3H3. The fourth-order valence-electron chi connectivity index (χ4n) is 5.29.